The fraction of sp³-hybridized carbons (Fsp3) is 0.455. The van der Waals surface area contributed by atoms with Gasteiger partial charge in [-0.15, -0.1) is 0 Å². The van der Waals surface area contributed by atoms with Crippen molar-refractivity contribution in [1.82, 2.24) is 10.3 Å². The first-order chi connectivity index (χ1) is 14.0. The van der Waals surface area contributed by atoms with Crippen LogP contribution in [0.15, 0.2) is 40.3 Å². The maximum atomic E-state index is 12.4. The molecule has 1 atom stereocenters. The third-order valence-electron chi connectivity index (χ3n) is 4.97. The molecule has 1 aliphatic rings. The van der Waals surface area contributed by atoms with Gasteiger partial charge in [0.25, 0.3) is 0 Å². The largest absolute Gasteiger partial charge is 0.497 e. The Bertz CT molecular complexity index is 887. The van der Waals surface area contributed by atoms with Crippen LogP contribution in [0.3, 0.4) is 0 Å². The lowest BCUT2D eigenvalue weighted by atomic mass is 9.97. The smallest absolute Gasteiger partial charge is 0.232 e. The SMILES string of the molecule is COc1ccc(-c2nc(C[S@@](=O)CC(=O)NCCC3=CCCCC3)c(C)o2)cc1. The summed E-state index contributed by atoms with van der Waals surface area (Å²) in [6, 6.07) is 7.39. The number of rotatable bonds is 9. The summed E-state index contributed by atoms with van der Waals surface area (Å²) in [5.74, 6) is 1.84. The Morgan fingerprint density at radius 2 is 2.07 bits per heavy atom. The molecule has 1 aromatic carbocycles. The molecule has 0 unspecified atom stereocenters. The van der Waals surface area contributed by atoms with E-state index in [0.29, 0.717) is 23.9 Å². The molecule has 0 saturated carbocycles. The van der Waals surface area contributed by atoms with Gasteiger partial charge in [0, 0.05) is 22.9 Å². The first-order valence-electron chi connectivity index (χ1n) is 9.95. The maximum absolute atomic E-state index is 12.4. The van der Waals surface area contributed by atoms with Gasteiger partial charge in [-0.3, -0.25) is 9.00 Å². The summed E-state index contributed by atoms with van der Waals surface area (Å²) in [5, 5.41) is 2.87. The van der Waals surface area contributed by atoms with Crippen molar-refractivity contribution in [3.63, 3.8) is 0 Å². The Morgan fingerprint density at radius 3 is 2.76 bits per heavy atom. The minimum absolute atomic E-state index is 0.0246. The number of carbonyl (C=O) groups excluding carboxylic acids is 1. The second-order valence-electron chi connectivity index (χ2n) is 7.19. The lowest BCUT2D eigenvalue weighted by Gasteiger charge is -2.12. The number of nitrogens with zero attached hydrogens (tertiary/aromatic N) is 1. The Balaban J connectivity index is 1.49. The van der Waals surface area contributed by atoms with Gasteiger partial charge in [0.1, 0.15) is 17.3 Å². The van der Waals surface area contributed by atoms with Crippen LogP contribution in [0.25, 0.3) is 11.5 Å². The molecule has 0 radical (unpaired) electrons. The number of hydrogen-bond donors (Lipinski definition) is 1. The van der Waals surface area contributed by atoms with E-state index in [0.717, 1.165) is 30.6 Å². The average Bonchev–Trinajstić information content (AvgIpc) is 3.09. The monoisotopic (exact) mass is 416 g/mol. The van der Waals surface area contributed by atoms with Gasteiger partial charge in [0.05, 0.1) is 18.6 Å². The summed E-state index contributed by atoms with van der Waals surface area (Å²) in [6.45, 7) is 2.40. The van der Waals surface area contributed by atoms with E-state index in [2.05, 4.69) is 16.4 Å². The average molecular weight is 417 g/mol. The van der Waals surface area contributed by atoms with Crippen LogP contribution in [-0.4, -0.2) is 34.5 Å². The van der Waals surface area contributed by atoms with Crippen molar-refractivity contribution in [2.45, 2.75) is 44.8 Å². The molecule has 1 aromatic heterocycles. The molecule has 6 nitrogen and oxygen atoms in total. The molecule has 156 valence electrons. The van der Waals surface area contributed by atoms with Crippen LogP contribution in [0, 0.1) is 6.92 Å². The molecule has 1 N–H and O–H groups in total. The van der Waals surface area contributed by atoms with E-state index < -0.39 is 10.8 Å². The number of allylic oxidation sites excluding steroid dienone is 1. The molecule has 0 saturated heterocycles. The standard InChI is InChI=1S/C22H28N2O4S/c1-16-20(24-22(28-16)18-8-10-19(27-2)11-9-18)14-29(26)15-21(25)23-13-12-17-6-4-3-5-7-17/h6,8-11H,3-5,7,12-15H2,1-2H3,(H,23,25)/t29-/m1/s1. The predicted molar refractivity (Wildman–Crippen MR) is 114 cm³/mol. The van der Waals surface area contributed by atoms with Crippen molar-refractivity contribution in [3.05, 3.63) is 47.4 Å². The number of oxazole rings is 1. The first kappa shape index (κ1) is 21.3. The van der Waals surface area contributed by atoms with Crippen LogP contribution >= 0.6 is 0 Å². The lowest BCUT2D eigenvalue weighted by Crippen LogP contribution is -2.29. The maximum Gasteiger partial charge on any atom is 0.232 e. The minimum atomic E-state index is -1.34. The molecular weight excluding hydrogens is 388 g/mol. The van der Waals surface area contributed by atoms with Crippen molar-refractivity contribution < 1.29 is 18.2 Å². The highest BCUT2D eigenvalue weighted by Crippen LogP contribution is 2.24. The Morgan fingerprint density at radius 1 is 1.28 bits per heavy atom. The highest BCUT2D eigenvalue weighted by Gasteiger charge is 2.16. The molecular formula is C22H28N2O4S. The number of ether oxygens (including phenoxy) is 1. The van der Waals surface area contributed by atoms with Crippen molar-refractivity contribution in [3.8, 4) is 17.2 Å². The minimum Gasteiger partial charge on any atom is -0.497 e. The van der Waals surface area contributed by atoms with E-state index in [1.54, 1.807) is 14.0 Å². The zero-order chi connectivity index (χ0) is 20.6. The molecule has 0 fully saturated rings. The fourth-order valence-electron chi connectivity index (χ4n) is 3.31. The van der Waals surface area contributed by atoms with E-state index in [1.165, 1.54) is 18.4 Å². The number of methoxy groups -OCH3 is 1. The highest BCUT2D eigenvalue weighted by molar-refractivity contribution is 7.84. The first-order valence-corrected chi connectivity index (χ1v) is 11.4. The number of nitrogens with one attached hydrogen (secondary N) is 1. The summed E-state index contributed by atoms with van der Waals surface area (Å²) in [4.78, 5) is 16.5. The fourth-order valence-corrected chi connectivity index (χ4v) is 4.38. The molecule has 0 bridgehead atoms. The Hall–Kier alpha value is -2.41. The number of amides is 1. The van der Waals surface area contributed by atoms with Gasteiger partial charge in [0.2, 0.25) is 11.8 Å². The van der Waals surface area contributed by atoms with Gasteiger partial charge in [-0.05, 0) is 63.3 Å². The summed E-state index contributed by atoms with van der Waals surface area (Å²) in [7, 11) is 0.275. The van der Waals surface area contributed by atoms with E-state index in [-0.39, 0.29) is 17.4 Å². The number of benzene rings is 1. The summed E-state index contributed by atoms with van der Waals surface area (Å²) in [5.41, 5.74) is 2.86. The van der Waals surface area contributed by atoms with Crippen LogP contribution in [0.2, 0.25) is 0 Å². The number of aryl methyl sites for hydroxylation is 1. The van der Waals surface area contributed by atoms with Crippen molar-refractivity contribution >= 4 is 16.7 Å². The molecule has 1 aliphatic carbocycles. The molecule has 7 heteroatoms. The summed E-state index contributed by atoms with van der Waals surface area (Å²) < 4.78 is 23.3. The second-order valence-corrected chi connectivity index (χ2v) is 8.64. The highest BCUT2D eigenvalue weighted by atomic mass is 32.2. The second kappa shape index (κ2) is 10.4. The van der Waals surface area contributed by atoms with E-state index in [4.69, 9.17) is 9.15 Å². The number of carbonyl (C=O) groups is 1. The lowest BCUT2D eigenvalue weighted by molar-refractivity contribution is -0.118. The molecule has 3 rings (SSSR count). The van der Waals surface area contributed by atoms with Crippen molar-refractivity contribution in [2.75, 3.05) is 19.4 Å². The van der Waals surface area contributed by atoms with Crippen LogP contribution in [0.4, 0.5) is 0 Å². The predicted octanol–water partition coefficient (Wildman–Crippen LogP) is 3.91. The van der Waals surface area contributed by atoms with Gasteiger partial charge < -0.3 is 14.5 Å². The van der Waals surface area contributed by atoms with Crippen LogP contribution in [-0.2, 0) is 21.3 Å². The topological polar surface area (TPSA) is 81.4 Å². The quantitative estimate of drug-likeness (QED) is 0.627. The van der Waals surface area contributed by atoms with Crippen LogP contribution < -0.4 is 10.1 Å². The molecule has 1 amide bonds. The number of hydrogen-bond acceptors (Lipinski definition) is 5. The zero-order valence-electron chi connectivity index (χ0n) is 17.0. The van der Waals surface area contributed by atoms with Gasteiger partial charge in [0.15, 0.2) is 0 Å². The normalized spacial score (nSPS) is 14.9. The summed E-state index contributed by atoms with van der Waals surface area (Å²) >= 11 is 0. The molecule has 0 aliphatic heterocycles. The van der Waals surface area contributed by atoms with E-state index >= 15 is 0 Å². The number of aromatic nitrogens is 1. The van der Waals surface area contributed by atoms with E-state index in [1.807, 2.05) is 24.3 Å². The third-order valence-corrected chi connectivity index (χ3v) is 6.15. The Labute approximate surface area is 174 Å². The van der Waals surface area contributed by atoms with Crippen LogP contribution in [0.1, 0.15) is 43.6 Å². The van der Waals surface area contributed by atoms with E-state index in [9.17, 15) is 9.00 Å². The third kappa shape index (κ3) is 6.29. The molecule has 1 heterocycles. The van der Waals surface area contributed by atoms with Gasteiger partial charge in [-0.2, -0.15) is 0 Å². The van der Waals surface area contributed by atoms with Gasteiger partial charge in [-0.1, -0.05) is 11.6 Å². The molecule has 2 aromatic rings. The molecule has 29 heavy (non-hydrogen) atoms. The van der Waals surface area contributed by atoms with Gasteiger partial charge >= 0.3 is 0 Å². The van der Waals surface area contributed by atoms with Crippen molar-refractivity contribution in [2.24, 2.45) is 0 Å². The van der Waals surface area contributed by atoms with Crippen LogP contribution in [0.5, 0.6) is 5.75 Å². The molecule has 0 spiro atoms. The Kier molecular flexibility index (Phi) is 7.63. The van der Waals surface area contributed by atoms with Crippen molar-refractivity contribution in [1.29, 1.82) is 0 Å². The zero-order valence-corrected chi connectivity index (χ0v) is 17.8. The van der Waals surface area contributed by atoms with Gasteiger partial charge in [-0.25, -0.2) is 4.98 Å². The summed E-state index contributed by atoms with van der Waals surface area (Å²) in [6.07, 6.45) is 7.93.